The van der Waals surface area contributed by atoms with Gasteiger partial charge in [-0.25, -0.2) is 4.31 Å². The van der Waals surface area contributed by atoms with E-state index in [1.807, 2.05) is 18.0 Å². The van der Waals surface area contributed by atoms with E-state index in [2.05, 4.69) is 37.6 Å². The third kappa shape index (κ3) is 3.02. The second kappa shape index (κ2) is 6.31. The van der Waals surface area contributed by atoms with E-state index in [1.54, 1.807) is 0 Å². The van der Waals surface area contributed by atoms with Crippen molar-refractivity contribution in [1.29, 1.82) is 0 Å². The van der Waals surface area contributed by atoms with Crippen molar-refractivity contribution in [3.05, 3.63) is 36.0 Å². The van der Waals surface area contributed by atoms with Gasteiger partial charge in [0.2, 0.25) is 0 Å². The van der Waals surface area contributed by atoms with Gasteiger partial charge < -0.3 is 0 Å². The minimum Gasteiger partial charge on any atom is -0.246 e. The zero-order valence-corrected chi connectivity index (χ0v) is 11.6. The first-order valence-corrected chi connectivity index (χ1v) is 7.14. The van der Waals surface area contributed by atoms with Crippen molar-refractivity contribution in [3.63, 3.8) is 0 Å². The molecule has 1 unspecified atom stereocenters. The van der Waals surface area contributed by atoms with Gasteiger partial charge in [0.1, 0.15) is 0 Å². The van der Waals surface area contributed by atoms with Crippen molar-refractivity contribution in [3.8, 4) is 0 Å². The van der Waals surface area contributed by atoms with Crippen LogP contribution in [0.4, 0.5) is 0 Å². The zero-order chi connectivity index (χ0) is 12.1. The van der Waals surface area contributed by atoms with Crippen molar-refractivity contribution in [2.24, 2.45) is 5.92 Å². The van der Waals surface area contributed by atoms with Crippen LogP contribution < -0.4 is 0 Å². The number of hydrogen-bond donors (Lipinski definition) is 0. The molecule has 0 aromatic rings. The summed E-state index contributed by atoms with van der Waals surface area (Å²) in [7, 11) is 0. The Hall–Kier alpha value is -0.470. The van der Waals surface area contributed by atoms with Gasteiger partial charge in [0.25, 0.3) is 0 Å². The number of allylic oxidation sites excluding steroid dienone is 1. The third-order valence-corrected chi connectivity index (χ3v) is 4.28. The first kappa shape index (κ1) is 13.6. The molecule has 1 atom stereocenters. The molecule has 1 nitrogen and oxygen atoms in total. The molecule has 0 radical (unpaired) electrons. The first-order chi connectivity index (χ1) is 7.63. The number of rotatable bonds is 5. The first-order valence-electron chi connectivity index (χ1n) is 5.96. The van der Waals surface area contributed by atoms with E-state index in [0.717, 1.165) is 25.9 Å². The summed E-state index contributed by atoms with van der Waals surface area (Å²) in [5.74, 6) is 0.576. The highest BCUT2D eigenvalue weighted by molar-refractivity contribution is 7.96. The standard InChI is InChI=1S/C14H23NS/c1-6-11(3)12(4)14-10-15(16-5)9-8-13(14)7-2/h7,11H,2,4,6,8-10H2,1,3,5H3. The monoisotopic (exact) mass is 237 g/mol. The number of nitrogens with zero attached hydrogens (tertiary/aromatic N) is 1. The lowest BCUT2D eigenvalue weighted by Gasteiger charge is -2.30. The Balaban J connectivity index is 2.90. The van der Waals surface area contributed by atoms with Gasteiger partial charge in [-0.3, -0.25) is 0 Å². The van der Waals surface area contributed by atoms with E-state index < -0.39 is 0 Å². The Kier molecular flexibility index (Phi) is 5.36. The summed E-state index contributed by atoms with van der Waals surface area (Å²) >= 11 is 1.82. The van der Waals surface area contributed by atoms with E-state index in [4.69, 9.17) is 0 Å². The topological polar surface area (TPSA) is 3.24 Å². The van der Waals surface area contributed by atoms with Gasteiger partial charge in [0, 0.05) is 13.1 Å². The van der Waals surface area contributed by atoms with E-state index in [-0.39, 0.29) is 0 Å². The van der Waals surface area contributed by atoms with Crippen LogP contribution >= 0.6 is 11.9 Å². The van der Waals surface area contributed by atoms with Gasteiger partial charge in [-0.05, 0) is 41.7 Å². The smallest absolute Gasteiger partial charge is 0.0346 e. The van der Waals surface area contributed by atoms with Crippen molar-refractivity contribution in [2.75, 3.05) is 19.3 Å². The summed E-state index contributed by atoms with van der Waals surface area (Å²) in [6.45, 7) is 14.8. The predicted octanol–water partition coefficient (Wildman–Crippen LogP) is 4.06. The maximum Gasteiger partial charge on any atom is 0.0346 e. The molecule has 1 aliphatic rings. The number of hydrogen-bond acceptors (Lipinski definition) is 2. The highest BCUT2D eigenvalue weighted by Gasteiger charge is 2.20. The summed E-state index contributed by atoms with van der Waals surface area (Å²) < 4.78 is 2.40. The lowest BCUT2D eigenvalue weighted by molar-refractivity contribution is 0.483. The highest BCUT2D eigenvalue weighted by Crippen LogP contribution is 2.31. The fourth-order valence-corrected chi connectivity index (χ4v) is 2.52. The van der Waals surface area contributed by atoms with E-state index in [9.17, 15) is 0 Å². The van der Waals surface area contributed by atoms with Crippen molar-refractivity contribution < 1.29 is 0 Å². The molecule has 16 heavy (non-hydrogen) atoms. The van der Waals surface area contributed by atoms with E-state index >= 15 is 0 Å². The average molecular weight is 237 g/mol. The molecule has 0 aromatic carbocycles. The minimum absolute atomic E-state index is 0.576. The molecular weight excluding hydrogens is 214 g/mol. The van der Waals surface area contributed by atoms with Gasteiger partial charge >= 0.3 is 0 Å². The van der Waals surface area contributed by atoms with Crippen LogP contribution in [0.5, 0.6) is 0 Å². The maximum absolute atomic E-state index is 4.27. The predicted molar refractivity (Wildman–Crippen MR) is 75.5 cm³/mol. The summed E-state index contributed by atoms with van der Waals surface area (Å²) in [4.78, 5) is 0. The van der Waals surface area contributed by atoms with Gasteiger partial charge in [-0.15, -0.1) is 0 Å². The fourth-order valence-electron chi connectivity index (χ4n) is 1.99. The Morgan fingerprint density at radius 3 is 2.81 bits per heavy atom. The average Bonchev–Trinajstić information content (AvgIpc) is 2.35. The van der Waals surface area contributed by atoms with Crippen LogP contribution in [0.2, 0.25) is 0 Å². The van der Waals surface area contributed by atoms with Crippen LogP contribution in [0.3, 0.4) is 0 Å². The van der Waals surface area contributed by atoms with E-state index in [0.29, 0.717) is 5.92 Å². The van der Waals surface area contributed by atoms with Gasteiger partial charge in [-0.2, -0.15) is 0 Å². The SMILES string of the molecule is C=CC1=C(C(=C)C(C)CC)CN(SC)CC1. The lowest BCUT2D eigenvalue weighted by Crippen LogP contribution is -2.27. The zero-order valence-electron chi connectivity index (χ0n) is 10.8. The molecule has 0 amide bonds. The maximum atomic E-state index is 4.27. The van der Waals surface area contributed by atoms with Gasteiger partial charge in [0.05, 0.1) is 0 Å². The van der Waals surface area contributed by atoms with Gasteiger partial charge in [0.15, 0.2) is 0 Å². The molecule has 0 bridgehead atoms. The molecule has 0 N–H and O–H groups in total. The molecule has 0 spiro atoms. The fraction of sp³-hybridized carbons (Fsp3) is 0.571. The Labute approximate surface area is 104 Å². The molecule has 0 saturated heterocycles. The molecule has 1 heterocycles. The molecule has 0 aromatic heterocycles. The van der Waals surface area contributed by atoms with Gasteiger partial charge in [-0.1, -0.05) is 45.0 Å². The summed E-state index contributed by atoms with van der Waals surface area (Å²) in [5, 5.41) is 0. The summed E-state index contributed by atoms with van der Waals surface area (Å²) in [6, 6.07) is 0. The molecule has 2 heteroatoms. The molecule has 1 rings (SSSR count). The van der Waals surface area contributed by atoms with Crippen molar-refractivity contribution in [2.45, 2.75) is 26.7 Å². The quantitative estimate of drug-likeness (QED) is 0.664. The molecule has 0 fully saturated rings. The Morgan fingerprint density at radius 1 is 1.62 bits per heavy atom. The molecule has 0 saturated carbocycles. The Morgan fingerprint density at radius 2 is 2.31 bits per heavy atom. The third-order valence-electron chi connectivity index (χ3n) is 3.45. The molecule has 90 valence electrons. The van der Waals surface area contributed by atoms with Crippen molar-refractivity contribution in [1.82, 2.24) is 4.31 Å². The van der Waals surface area contributed by atoms with Crippen LogP contribution in [0, 0.1) is 5.92 Å². The van der Waals surface area contributed by atoms with Crippen LogP contribution in [-0.4, -0.2) is 23.7 Å². The van der Waals surface area contributed by atoms with Crippen LogP contribution in [-0.2, 0) is 0 Å². The second-order valence-electron chi connectivity index (χ2n) is 4.34. The Bertz CT molecular complexity index is 304. The summed E-state index contributed by atoms with van der Waals surface area (Å²) in [6.07, 6.45) is 6.42. The normalized spacial score (nSPS) is 19.7. The van der Waals surface area contributed by atoms with Crippen LogP contribution in [0.25, 0.3) is 0 Å². The molecule has 0 aliphatic carbocycles. The minimum atomic E-state index is 0.576. The van der Waals surface area contributed by atoms with Crippen LogP contribution in [0.1, 0.15) is 26.7 Å². The van der Waals surface area contributed by atoms with Crippen molar-refractivity contribution >= 4 is 11.9 Å². The largest absolute Gasteiger partial charge is 0.246 e. The lowest BCUT2D eigenvalue weighted by atomic mass is 9.87. The summed E-state index contributed by atoms with van der Waals surface area (Å²) in [5.41, 5.74) is 4.12. The second-order valence-corrected chi connectivity index (χ2v) is 5.22. The highest BCUT2D eigenvalue weighted by atomic mass is 32.2. The molecular formula is C14H23NS. The van der Waals surface area contributed by atoms with Crippen LogP contribution in [0.15, 0.2) is 36.0 Å². The van der Waals surface area contributed by atoms with E-state index in [1.165, 1.54) is 16.7 Å². The molecule has 1 aliphatic heterocycles.